The Morgan fingerprint density at radius 3 is 1.68 bits per heavy atom. The molecule has 0 N–H and O–H groups in total. The van der Waals surface area contributed by atoms with Gasteiger partial charge in [0.2, 0.25) is 0 Å². The Morgan fingerprint density at radius 2 is 0.943 bits per heavy atom. The topological polar surface area (TPSA) is 3.24 Å². The Kier molecular flexibility index (Phi) is 7.13. The van der Waals surface area contributed by atoms with Crippen LogP contribution >= 0.6 is 0 Å². The highest BCUT2D eigenvalue weighted by atomic mass is 15.1. The monoisotopic (exact) mass is 677 g/mol. The van der Waals surface area contributed by atoms with E-state index in [-0.39, 0.29) is 5.41 Å². The lowest BCUT2D eigenvalue weighted by atomic mass is 9.81. The summed E-state index contributed by atoms with van der Waals surface area (Å²) < 4.78 is 0. The molecule has 9 aromatic rings. The molecule has 0 spiro atoms. The number of hydrogen-bond acceptors (Lipinski definition) is 1. The summed E-state index contributed by atoms with van der Waals surface area (Å²) in [6.45, 7) is 6.90. The van der Waals surface area contributed by atoms with Gasteiger partial charge in [0.1, 0.15) is 0 Å². The van der Waals surface area contributed by atoms with Gasteiger partial charge in [0.15, 0.2) is 0 Å². The highest BCUT2D eigenvalue weighted by molar-refractivity contribution is 6.07. The van der Waals surface area contributed by atoms with E-state index >= 15 is 0 Å². The van der Waals surface area contributed by atoms with Crippen LogP contribution < -0.4 is 4.90 Å². The van der Waals surface area contributed by atoms with Gasteiger partial charge in [0.25, 0.3) is 0 Å². The Labute approximate surface area is 311 Å². The molecule has 0 radical (unpaired) electrons. The zero-order valence-electron chi connectivity index (χ0n) is 30.3. The van der Waals surface area contributed by atoms with E-state index < -0.39 is 0 Å². The second kappa shape index (κ2) is 12.1. The van der Waals surface area contributed by atoms with E-state index in [1.807, 2.05) is 0 Å². The third kappa shape index (κ3) is 5.15. The second-order valence-corrected chi connectivity index (χ2v) is 15.1. The quantitative estimate of drug-likeness (QED) is 0.175. The summed E-state index contributed by atoms with van der Waals surface area (Å²) in [5, 5.41) is 7.52. The number of rotatable bonds is 5. The van der Waals surface area contributed by atoms with Gasteiger partial charge in [-0.3, -0.25) is 0 Å². The maximum atomic E-state index is 2.48. The number of nitrogens with zero attached hydrogens (tertiary/aromatic N) is 1. The minimum atomic E-state index is -0.157. The van der Waals surface area contributed by atoms with Crippen molar-refractivity contribution in [2.45, 2.75) is 26.2 Å². The molecule has 9 aromatic carbocycles. The van der Waals surface area contributed by atoms with Gasteiger partial charge in [-0.1, -0.05) is 153 Å². The summed E-state index contributed by atoms with van der Waals surface area (Å²) in [6.07, 6.45) is 0. The van der Waals surface area contributed by atoms with Crippen molar-refractivity contribution in [1.29, 1.82) is 0 Å². The molecule has 0 fully saturated rings. The molecule has 0 heterocycles. The number of fused-ring (bicyclic) bond motifs is 6. The summed E-state index contributed by atoms with van der Waals surface area (Å²) in [6, 6.07) is 67.5. The van der Waals surface area contributed by atoms with Crippen molar-refractivity contribution in [3.05, 3.63) is 199 Å². The van der Waals surface area contributed by atoms with E-state index in [1.165, 1.54) is 82.4 Å². The van der Waals surface area contributed by atoms with Gasteiger partial charge in [-0.25, -0.2) is 0 Å². The first-order chi connectivity index (χ1) is 25.9. The van der Waals surface area contributed by atoms with E-state index in [9.17, 15) is 0 Å². The zero-order chi connectivity index (χ0) is 35.7. The molecule has 0 saturated carbocycles. The van der Waals surface area contributed by atoms with E-state index in [0.29, 0.717) is 0 Å². The van der Waals surface area contributed by atoms with Crippen LogP contribution in [-0.4, -0.2) is 0 Å². The maximum Gasteiger partial charge on any atom is 0.0546 e. The molecule has 0 unspecified atom stereocenters. The van der Waals surface area contributed by atoms with E-state index in [4.69, 9.17) is 0 Å². The largest absolute Gasteiger partial charge is 0.310 e. The standard InChI is InChI=1S/C52H39N/c1-34-16-18-36(19-17-34)37-22-25-43(26-23-37)53(44-27-28-46-47-31-40-13-6-7-14-41(40)32-48(47)52(2,3)49(46)33-44)50-29-24-38-11-8-9-15-45(38)51(50)42-21-20-35-10-4-5-12-39(35)30-42/h4-33H,1-3H3. The van der Waals surface area contributed by atoms with Crippen molar-refractivity contribution < 1.29 is 0 Å². The summed E-state index contributed by atoms with van der Waals surface area (Å²) in [5.41, 5.74) is 14.8. The molecule has 53 heavy (non-hydrogen) atoms. The third-order valence-corrected chi connectivity index (χ3v) is 11.5. The molecule has 0 aliphatic heterocycles. The van der Waals surface area contributed by atoms with Gasteiger partial charge in [-0.05, 0) is 127 Å². The fourth-order valence-corrected chi connectivity index (χ4v) is 8.62. The third-order valence-electron chi connectivity index (χ3n) is 11.5. The molecule has 1 heteroatoms. The highest BCUT2D eigenvalue weighted by Crippen LogP contribution is 2.53. The van der Waals surface area contributed by atoms with Crippen LogP contribution in [0, 0.1) is 6.92 Å². The molecule has 10 rings (SSSR count). The van der Waals surface area contributed by atoms with Crippen LogP contribution in [-0.2, 0) is 5.41 Å². The molecule has 0 saturated heterocycles. The summed E-state index contributed by atoms with van der Waals surface area (Å²) in [5.74, 6) is 0. The Bertz CT molecular complexity index is 2860. The van der Waals surface area contributed by atoms with Crippen molar-refractivity contribution in [3.63, 3.8) is 0 Å². The molecule has 0 atom stereocenters. The Hall–Kier alpha value is -6.44. The van der Waals surface area contributed by atoms with Crippen molar-refractivity contribution >= 4 is 49.4 Å². The predicted molar refractivity (Wildman–Crippen MR) is 227 cm³/mol. The maximum absolute atomic E-state index is 2.48. The van der Waals surface area contributed by atoms with Crippen LogP contribution in [0.3, 0.4) is 0 Å². The molecule has 0 aromatic heterocycles. The fraction of sp³-hybridized carbons (Fsp3) is 0.0769. The predicted octanol–water partition coefficient (Wildman–Crippen LogP) is 14.6. The number of aryl methyl sites for hydroxylation is 1. The zero-order valence-corrected chi connectivity index (χ0v) is 30.3. The lowest BCUT2D eigenvalue weighted by Gasteiger charge is -2.30. The van der Waals surface area contributed by atoms with Gasteiger partial charge in [0.05, 0.1) is 5.69 Å². The van der Waals surface area contributed by atoms with Crippen LogP contribution in [0.2, 0.25) is 0 Å². The molecule has 1 aliphatic carbocycles. The first-order valence-electron chi connectivity index (χ1n) is 18.6. The highest BCUT2D eigenvalue weighted by Gasteiger charge is 2.36. The van der Waals surface area contributed by atoms with E-state index in [0.717, 1.165) is 17.1 Å². The van der Waals surface area contributed by atoms with Crippen molar-refractivity contribution in [2.24, 2.45) is 0 Å². The summed E-state index contributed by atoms with van der Waals surface area (Å²) >= 11 is 0. The van der Waals surface area contributed by atoms with Gasteiger partial charge in [-0.15, -0.1) is 0 Å². The molecule has 252 valence electrons. The van der Waals surface area contributed by atoms with Gasteiger partial charge >= 0.3 is 0 Å². The van der Waals surface area contributed by atoms with Crippen molar-refractivity contribution in [1.82, 2.24) is 0 Å². The Balaban J connectivity index is 1.21. The van der Waals surface area contributed by atoms with Gasteiger partial charge in [0, 0.05) is 22.4 Å². The first kappa shape index (κ1) is 31.3. The smallest absolute Gasteiger partial charge is 0.0546 e. The number of hydrogen-bond donors (Lipinski definition) is 0. The van der Waals surface area contributed by atoms with Crippen LogP contribution in [0.25, 0.3) is 65.7 Å². The molecular formula is C52H39N. The van der Waals surface area contributed by atoms with Gasteiger partial charge < -0.3 is 4.90 Å². The normalized spacial score (nSPS) is 13.0. The minimum Gasteiger partial charge on any atom is -0.310 e. The lowest BCUT2D eigenvalue weighted by molar-refractivity contribution is 0.661. The SMILES string of the molecule is Cc1ccc(-c2ccc(N(c3ccc4c(c3)C(C)(C)c3cc5ccccc5cc3-4)c3ccc4ccccc4c3-c3ccc4ccccc4c3)cc2)cc1. The lowest BCUT2D eigenvalue weighted by Crippen LogP contribution is -2.17. The fourth-order valence-electron chi connectivity index (χ4n) is 8.62. The molecule has 0 bridgehead atoms. The second-order valence-electron chi connectivity index (χ2n) is 15.1. The molecule has 0 amide bonds. The van der Waals surface area contributed by atoms with E-state index in [1.54, 1.807) is 0 Å². The average Bonchev–Trinajstić information content (AvgIpc) is 3.42. The van der Waals surface area contributed by atoms with Crippen LogP contribution in [0.4, 0.5) is 17.1 Å². The Morgan fingerprint density at radius 1 is 0.396 bits per heavy atom. The van der Waals surface area contributed by atoms with Crippen LogP contribution in [0.5, 0.6) is 0 Å². The summed E-state index contributed by atoms with van der Waals surface area (Å²) in [7, 11) is 0. The average molecular weight is 678 g/mol. The van der Waals surface area contributed by atoms with Crippen molar-refractivity contribution in [3.8, 4) is 33.4 Å². The summed E-state index contributed by atoms with van der Waals surface area (Å²) in [4.78, 5) is 2.48. The molecule has 1 nitrogen and oxygen atoms in total. The van der Waals surface area contributed by atoms with Gasteiger partial charge in [-0.2, -0.15) is 0 Å². The molecular weight excluding hydrogens is 639 g/mol. The number of anilines is 3. The van der Waals surface area contributed by atoms with Crippen LogP contribution in [0.1, 0.15) is 30.5 Å². The first-order valence-corrected chi connectivity index (χ1v) is 18.6. The minimum absolute atomic E-state index is 0.157. The van der Waals surface area contributed by atoms with Crippen LogP contribution in [0.15, 0.2) is 182 Å². The molecule has 1 aliphatic rings. The number of benzene rings is 9. The van der Waals surface area contributed by atoms with Crippen molar-refractivity contribution in [2.75, 3.05) is 4.90 Å². The van der Waals surface area contributed by atoms with E-state index in [2.05, 4.69) is 208 Å².